The van der Waals surface area contributed by atoms with E-state index in [1.807, 2.05) is 28.8 Å². The maximum absolute atomic E-state index is 9.29. The Balaban J connectivity index is 2.40. The Morgan fingerprint density at radius 3 is 2.95 bits per heavy atom. The van der Waals surface area contributed by atoms with Gasteiger partial charge in [-0.2, -0.15) is 5.26 Å². The number of benzene rings is 1. The number of hydrogen-bond acceptors (Lipinski definition) is 3. The van der Waals surface area contributed by atoms with Gasteiger partial charge >= 0.3 is 0 Å². The summed E-state index contributed by atoms with van der Waals surface area (Å²) in [5.74, 6) is 0.906. The second-order valence-electron chi connectivity index (χ2n) is 4.12. The number of alkyl halides is 1. The largest absolute Gasteiger partial charge is 0.278 e. The van der Waals surface area contributed by atoms with E-state index < -0.39 is 0 Å². The predicted molar refractivity (Wildman–Crippen MR) is 80.8 cm³/mol. The lowest BCUT2D eigenvalue weighted by Crippen LogP contribution is -2.02. The Bertz CT molecular complexity index is 835. The molecule has 0 atom stereocenters. The van der Waals surface area contributed by atoms with Crippen LogP contribution in [-0.2, 0) is 5.88 Å². The van der Waals surface area contributed by atoms with Crippen LogP contribution in [0, 0.1) is 11.3 Å². The van der Waals surface area contributed by atoms with Crippen molar-refractivity contribution in [3.8, 4) is 11.8 Å². The zero-order chi connectivity index (χ0) is 14.1. The van der Waals surface area contributed by atoms with Crippen molar-refractivity contribution in [3.63, 3.8) is 0 Å². The highest BCUT2D eigenvalue weighted by Crippen LogP contribution is 2.26. The van der Waals surface area contributed by atoms with Crippen LogP contribution in [-0.4, -0.2) is 14.5 Å². The van der Waals surface area contributed by atoms with Gasteiger partial charge in [0.25, 0.3) is 0 Å². The van der Waals surface area contributed by atoms with Crippen LogP contribution in [0.2, 0.25) is 0 Å². The van der Waals surface area contributed by atoms with Crippen molar-refractivity contribution in [2.45, 2.75) is 5.88 Å². The van der Waals surface area contributed by atoms with Gasteiger partial charge in [0.15, 0.2) is 5.65 Å². The molecule has 2 heterocycles. The van der Waals surface area contributed by atoms with E-state index in [4.69, 9.17) is 11.6 Å². The Hall–Kier alpha value is -1.90. The fourth-order valence-electron chi connectivity index (χ4n) is 2.09. The molecule has 0 unspecified atom stereocenters. The second kappa shape index (κ2) is 5.23. The number of halogens is 2. The summed E-state index contributed by atoms with van der Waals surface area (Å²) in [6.07, 6.45) is 1.70. The molecule has 0 aliphatic rings. The molecule has 4 nitrogen and oxygen atoms in total. The molecule has 3 rings (SSSR count). The summed E-state index contributed by atoms with van der Waals surface area (Å²) in [7, 11) is 0. The van der Waals surface area contributed by atoms with Gasteiger partial charge in [-0.25, -0.2) is 9.97 Å². The molecule has 0 aliphatic carbocycles. The Labute approximate surface area is 128 Å². The SMILES string of the molecule is N#Cc1ccc(Br)cc1-n1c(CCl)nc2cccnc21. The van der Waals surface area contributed by atoms with Crippen molar-refractivity contribution >= 4 is 38.7 Å². The number of hydrogen-bond donors (Lipinski definition) is 0. The molecule has 0 fully saturated rings. The molecule has 2 aromatic heterocycles. The van der Waals surface area contributed by atoms with Gasteiger partial charge in [-0.15, -0.1) is 11.6 Å². The van der Waals surface area contributed by atoms with Gasteiger partial charge in [0.05, 0.1) is 17.1 Å². The van der Waals surface area contributed by atoms with Gasteiger partial charge in [0.1, 0.15) is 17.4 Å². The van der Waals surface area contributed by atoms with Crippen molar-refractivity contribution in [3.05, 3.63) is 52.4 Å². The quantitative estimate of drug-likeness (QED) is 0.663. The summed E-state index contributed by atoms with van der Waals surface area (Å²) < 4.78 is 2.70. The van der Waals surface area contributed by atoms with Crippen molar-refractivity contribution in [1.29, 1.82) is 5.26 Å². The fraction of sp³-hybridized carbons (Fsp3) is 0.0714. The van der Waals surface area contributed by atoms with Gasteiger partial charge < -0.3 is 0 Å². The van der Waals surface area contributed by atoms with E-state index in [9.17, 15) is 5.26 Å². The standard InChI is InChI=1S/C14H8BrClN4/c15-10-4-3-9(8-17)12(6-10)20-13(7-16)19-11-2-1-5-18-14(11)20/h1-6H,7H2. The number of nitrogens with zero attached hydrogens (tertiary/aromatic N) is 4. The van der Waals surface area contributed by atoms with Crippen molar-refractivity contribution < 1.29 is 0 Å². The highest BCUT2D eigenvalue weighted by molar-refractivity contribution is 9.10. The average molecular weight is 348 g/mol. The first-order chi connectivity index (χ1) is 9.74. The molecular formula is C14H8BrClN4. The third-order valence-electron chi connectivity index (χ3n) is 2.93. The van der Waals surface area contributed by atoms with Crippen LogP contribution >= 0.6 is 27.5 Å². The maximum Gasteiger partial charge on any atom is 0.164 e. The van der Waals surface area contributed by atoms with Crippen molar-refractivity contribution in [2.75, 3.05) is 0 Å². The van der Waals surface area contributed by atoms with Crippen molar-refractivity contribution in [1.82, 2.24) is 14.5 Å². The lowest BCUT2D eigenvalue weighted by Gasteiger charge is -2.09. The third kappa shape index (κ3) is 2.07. The number of aromatic nitrogens is 3. The highest BCUT2D eigenvalue weighted by Gasteiger charge is 2.15. The second-order valence-corrected chi connectivity index (χ2v) is 5.30. The van der Waals surface area contributed by atoms with Gasteiger partial charge in [-0.1, -0.05) is 15.9 Å². The van der Waals surface area contributed by atoms with Crippen LogP contribution in [0.1, 0.15) is 11.4 Å². The first-order valence-electron chi connectivity index (χ1n) is 5.83. The van der Waals surface area contributed by atoms with E-state index >= 15 is 0 Å². The van der Waals surface area contributed by atoms with Gasteiger partial charge in [0.2, 0.25) is 0 Å². The van der Waals surface area contributed by atoms with Gasteiger partial charge in [0, 0.05) is 10.7 Å². The van der Waals surface area contributed by atoms with E-state index in [2.05, 4.69) is 32.0 Å². The number of imidazole rings is 1. The summed E-state index contributed by atoms with van der Waals surface area (Å²) in [5, 5.41) is 9.29. The van der Waals surface area contributed by atoms with Gasteiger partial charge in [-0.3, -0.25) is 4.57 Å². The molecule has 0 N–H and O–H groups in total. The average Bonchev–Trinajstić information content (AvgIpc) is 2.85. The Kier molecular flexibility index (Phi) is 3.43. The normalized spacial score (nSPS) is 10.7. The first kappa shape index (κ1) is 13.1. The number of pyridine rings is 1. The van der Waals surface area contributed by atoms with Crippen LogP contribution in [0.5, 0.6) is 0 Å². The molecule has 0 saturated carbocycles. The third-order valence-corrected chi connectivity index (χ3v) is 3.66. The molecule has 0 spiro atoms. The van der Waals surface area contributed by atoms with E-state index in [1.54, 1.807) is 12.3 Å². The van der Waals surface area contributed by atoms with Crippen LogP contribution in [0.4, 0.5) is 0 Å². The van der Waals surface area contributed by atoms with E-state index in [0.29, 0.717) is 17.0 Å². The number of rotatable bonds is 2. The zero-order valence-corrected chi connectivity index (χ0v) is 12.6. The smallest absolute Gasteiger partial charge is 0.164 e. The molecule has 0 saturated heterocycles. The molecule has 20 heavy (non-hydrogen) atoms. The molecule has 0 amide bonds. The topological polar surface area (TPSA) is 54.5 Å². The minimum absolute atomic E-state index is 0.244. The number of fused-ring (bicyclic) bond motifs is 1. The van der Waals surface area contributed by atoms with Crippen molar-refractivity contribution in [2.24, 2.45) is 0 Å². The number of nitriles is 1. The summed E-state index contributed by atoms with van der Waals surface area (Å²) >= 11 is 9.41. The van der Waals surface area contributed by atoms with Crippen LogP contribution in [0.3, 0.4) is 0 Å². The van der Waals surface area contributed by atoms with E-state index in [0.717, 1.165) is 15.7 Å². The molecule has 0 radical (unpaired) electrons. The molecule has 6 heteroatoms. The monoisotopic (exact) mass is 346 g/mol. The fourth-order valence-corrected chi connectivity index (χ4v) is 2.61. The molecule has 1 aromatic carbocycles. The molecule has 3 aromatic rings. The minimum atomic E-state index is 0.244. The summed E-state index contributed by atoms with van der Waals surface area (Å²) in [6.45, 7) is 0. The van der Waals surface area contributed by atoms with Crippen LogP contribution < -0.4 is 0 Å². The molecular weight excluding hydrogens is 340 g/mol. The molecule has 98 valence electrons. The minimum Gasteiger partial charge on any atom is -0.278 e. The molecule has 0 aliphatic heterocycles. The van der Waals surface area contributed by atoms with Crippen LogP contribution in [0.25, 0.3) is 16.9 Å². The predicted octanol–water partition coefficient (Wildman–Crippen LogP) is 3.79. The lowest BCUT2D eigenvalue weighted by atomic mass is 10.2. The molecule has 0 bridgehead atoms. The summed E-state index contributed by atoms with van der Waals surface area (Å²) in [5.41, 5.74) is 2.72. The summed E-state index contributed by atoms with van der Waals surface area (Å²) in [6, 6.07) is 11.3. The lowest BCUT2D eigenvalue weighted by molar-refractivity contribution is 0.965. The Morgan fingerprint density at radius 2 is 2.20 bits per heavy atom. The van der Waals surface area contributed by atoms with Gasteiger partial charge in [-0.05, 0) is 30.3 Å². The first-order valence-corrected chi connectivity index (χ1v) is 7.15. The maximum atomic E-state index is 9.29. The Morgan fingerprint density at radius 1 is 1.35 bits per heavy atom. The summed E-state index contributed by atoms with van der Waals surface area (Å²) in [4.78, 5) is 8.80. The van der Waals surface area contributed by atoms with E-state index in [1.165, 1.54) is 0 Å². The van der Waals surface area contributed by atoms with Crippen LogP contribution in [0.15, 0.2) is 41.0 Å². The highest BCUT2D eigenvalue weighted by atomic mass is 79.9. The zero-order valence-electron chi connectivity index (χ0n) is 10.2. The van der Waals surface area contributed by atoms with E-state index in [-0.39, 0.29) is 5.88 Å².